The molecule has 4 aromatic carbocycles. The number of nitrogens with zero attached hydrogens (tertiary/aromatic N) is 3. The first-order valence-corrected chi connectivity index (χ1v) is 12.0. The van der Waals surface area contributed by atoms with Crippen molar-refractivity contribution in [1.29, 1.82) is 10.9 Å². The number of nitro groups is 1. The van der Waals surface area contributed by atoms with E-state index in [1.165, 1.54) is 30.3 Å². The summed E-state index contributed by atoms with van der Waals surface area (Å²) >= 11 is 0. The Morgan fingerprint density at radius 3 is 2.26 bits per heavy atom. The van der Waals surface area contributed by atoms with Crippen LogP contribution in [0.5, 0.6) is 0 Å². The molecule has 4 aromatic rings. The van der Waals surface area contributed by atoms with E-state index in [1.54, 1.807) is 0 Å². The first kappa shape index (κ1) is 26.7. The lowest BCUT2D eigenvalue weighted by Crippen LogP contribution is -2.25. The summed E-state index contributed by atoms with van der Waals surface area (Å²) in [6, 6.07) is 28.7. The third-order valence-corrected chi connectivity index (χ3v) is 6.11. The number of anilines is 1. The number of esters is 1. The molecule has 0 spiro atoms. The molecule has 0 amide bonds. The lowest BCUT2D eigenvalue weighted by Gasteiger charge is -2.20. The number of carbonyl (C=O) groups excluding carboxylic acids is 1. The van der Waals surface area contributed by atoms with E-state index in [0.29, 0.717) is 12.1 Å². The van der Waals surface area contributed by atoms with Gasteiger partial charge in [-0.2, -0.15) is 5.53 Å². The average molecular weight is 523 g/mol. The molecule has 39 heavy (non-hydrogen) atoms. The number of nitro benzene ring substituents is 1. The zero-order chi connectivity index (χ0) is 27.8. The molecule has 196 valence electrons. The van der Waals surface area contributed by atoms with Crippen molar-refractivity contribution in [3.63, 3.8) is 0 Å². The van der Waals surface area contributed by atoms with E-state index in [9.17, 15) is 14.9 Å². The van der Waals surface area contributed by atoms with E-state index in [2.05, 4.69) is 10.5 Å². The first-order chi connectivity index (χ1) is 18.9. The summed E-state index contributed by atoms with van der Waals surface area (Å²) in [5, 5.41) is 28.2. The highest BCUT2D eigenvalue weighted by atomic mass is 16.6. The third-order valence-electron chi connectivity index (χ3n) is 6.11. The minimum absolute atomic E-state index is 0.0793. The van der Waals surface area contributed by atoms with Crippen molar-refractivity contribution in [1.82, 2.24) is 5.01 Å². The molecule has 10 nitrogen and oxygen atoms in total. The number of methoxy groups -OCH3 is 1. The number of amidine groups is 1. The molecule has 0 atom stereocenters. The Hall–Kier alpha value is -5.38. The lowest BCUT2D eigenvalue weighted by atomic mass is 9.97. The number of nitrogens with one attached hydrogen (secondary N) is 3. The van der Waals surface area contributed by atoms with E-state index in [4.69, 9.17) is 15.7 Å². The molecule has 0 heterocycles. The van der Waals surface area contributed by atoms with Gasteiger partial charge in [-0.3, -0.25) is 15.5 Å². The summed E-state index contributed by atoms with van der Waals surface area (Å²) in [5.74, 6) is -0.571. The van der Waals surface area contributed by atoms with Gasteiger partial charge in [0.2, 0.25) is 0 Å². The fourth-order valence-electron chi connectivity index (χ4n) is 4.15. The Kier molecular flexibility index (Phi) is 8.37. The molecule has 0 aliphatic carbocycles. The molecule has 4 rings (SSSR count). The predicted octanol–water partition coefficient (Wildman–Crippen LogP) is 6.43. The Balaban J connectivity index is 1.55. The van der Waals surface area contributed by atoms with Gasteiger partial charge in [0.1, 0.15) is 5.69 Å². The van der Waals surface area contributed by atoms with Crippen LogP contribution in [0.2, 0.25) is 0 Å². The van der Waals surface area contributed by atoms with Crippen molar-refractivity contribution in [2.24, 2.45) is 5.22 Å². The maximum Gasteiger partial charge on any atom is 0.340 e. The van der Waals surface area contributed by atoms with Crippen molar-refractivity contribution in [2.75, 3.05) is 12.4 Å². The maximum absolute atomic E-state index is 12.2. The number of ether oxygens (including phenoxy) is 1. The van der Waals surface area contributed by atoms with Gasteiger partial charge < -0.3 is 10.1 Å². The maximum atomic E-state index is 12.2. The quantitative estimate of drug-likeness (QED) is 0.0546. The van der Waals surface area contributed by atoms with Gasteiger partial charge in [0.15, 0.2) is 5.84 Å². The predicted molar refractivity (Wildman–Crippen MR) is 148 cm³/mol. The van der Waals surface area contributed by atoms with Gasteiger partial charge in [0.05, 0.1) is 24.1 Å². The summed E-state index contributed by atoms with van der Waals surface area (Å²) in [5.41, 5.74) is 11.6. The van der Waals surface area contributed by atoms with Crippen LogP contribution in [0.25, 0.3) is 11.1 Å². The fraction of sp³-hybridized carbons (Fsp3) is 0.103. The summed E-state index contributed by atoms with van der Waals surface area (Å²) in [7, 11) is 1.22. The molecule has 0 fully saturated rings. The number of hydrogen-bond donors (Lipinski definition) is 3. The van der Waals surface area contributed by atoms with Gasteiger partial charge in [-0.25, -0.2) is 9.80 Å². The van der Waals surface area contributed by atoms with Gasteiger partial charge in [0.25, 0.3) is 5.69 Å². The average Bonchev–Trinajstić information content (AvgIpc) is 2.98. The van der Waals surface area contributed by atoms with Crippen LogP contribution < -0.4 is 5.32 Å². The van der Waals surface area contributed by atoms with Gasteiger partial charge in [-0.1, -0.05) is 90.2 Å². The Morgan fingerprint density at radius 1 is 0.923 bits per heavy atom. The lowest BCUT2D eigenvalue weighted by molar-refractivity contribution is -0.384. The van der Waals surface area contributed by atoms with Crippen molar-refractivity contribution >= 4 is 23.2 Å². The molecule has 10 heteroatoms. The molecule has 0 aromatic heterocycles. The summed E-state index contributed by atoms with van der Waals surface area (Å²) < 4.78 is 4.78. The van der Waals surface area contributed by atoms with E-state index < -0.39 is 10.9 Å². The van der Waals surface area contributed by atoms with Crippen LogP contribution in [0.1, 0.15) is 27.0 Å². The van der Waals surface area contributed by atoms with Crippen LogP contribution >= 0.6 is 0 Å². The minimum Gasteiger partial charge on any atom is -0.465 e. The van der Waals surface area contributed by atoms with Crippen molar-refractivity contribution in [3.05, 3.63) is 129 Å². The van der Waals surface area contributed by atoms with Crippen molar-refractivity contribution in [3.8, 4) is 11.1 Å². The van der Waals surface area contributed by atoms with Crippen LogP contribution in [0.4, 0.5) is 11.4 Å². The number of hydrogen-bond acceptors (Lipinski definition) is 8. The normalized spacial score (nSPS) is 10.4. The molecule has 0 radical (unpaired) electrons. The Bertz CT molecular complexity index is 1510. The van der Waals surface area contributed by atoms with Crippen LogP contribution in [0, 0.1) is 21.1 Å². The summed E-state index contributed by atoms with van der Waals surface area (Å²) in [4.78, 5) is 23.1. The van der Waals surface area contributed by atoms with E-state index in [0.717, 1.165) is 22.3 Å². The zero-order valence-corrected chi connectivity index (χ0v) is 21.1. The van der Waals surface area contributed by atoms with Crippen LogP contribution in [0.15, 0.2) is 102 Å². The molecular formula is C29H26N6O4. The summed E-state index contributed by atoms with van der Waals surface area (Å²) in [6.07, 6.45) is 0. The van der Waals surface area contributed by atoms with Gasteiger partial charge >= 0.3 is 5.97 Å². The molecule has 0 unspecified atom stereocenters. The Morgan fingerprint density at radius 2 is 1.59 bits per heavy atom. The number of para-hydroxylation sites is 1. The zero-order valence-electron chi connectivity index (χ0n) is 21.1. The van der Waals surface area contributed by atoms with Gasteiger partial charge in [0, 0.05) is 18.2 Å². The number of carbonyl (C=O) groups is 1. The van der Waals surface area contributed by atoms with E-state index in [-0.39, 0.29) is 29.3 Å². The Labute approximate surface area is 225 Å². The van der Waals surface area contributed by atoms with E-state index in [1.807, 2.05) is 78.9 Å². The SMILES string of the molecule is COC(=O)c1cccc([N+](=O)[O-])c1NCc1ccc(-c2ccccc2C(=N)N(Cc2ccccc2)N=N)cc1. The highest BCUT2D eigenvalue weighted by Gasteiger charge is 2.22. The first-order valence-electron chi connectivity index (χ1n) is 12.0. The van der Waals surface area contributed by atoms with Crippen LogP contribution in [-0.2, 0) is 17.8 Å². The summed E-state index contributed by atoms with van der Waals surface area (Å²) in [6.45, 7) is 0.524. The second-order valence-electron chi connectivity index (χ2n) is 8.54. The minimum atomic E-state index is -0.670. The smallest absolute Gasteiger partial charge is 0.340 e. The molecule has 0 saturated heterocycles. The third kappa shape index (κ3) is 6.13. The van der Waals surface area contributed by atoms with Crippen molar-refractivity contribution in [2.45, 2.75) is 13.1 Å². The molecule has 0 bridgehead atoms. The molecule has 0 saturated carbocycles. The second kappa shape index (κ2) is 12.2. The molecule has 0 aliphatic heterocycles. The fourth-order valence-corrected chi connectivity index (χ4v) is 4.15. The highest BCUT2D eigenvalue weighted by Crippen LogP contribution is 2.30. The van der Waals surface area contributed by atoms with Crippen LogP contribution in [0.3, 0.4) is 0 Å². The number of benzene rings is 4. The standard InChI is InChI=1S/C29H26N6O4/c1-39-29(36)25-12-7-13-26(35(37)38)27(25)32-18-20-14-16-22(17-15-20)23-10-5-6-11-24(23)28(30)34(33-31)19-21-8-3-2-4-9-21/h2-17,30-32H,18-19H2,1H3. The largest absolute Gasteiger partial charge is 0.465 e. The van der Waals surface area contributed by atoms with Gasteiger partial charge in [-0.15, -0.1) is 0 Å². The molecule has 3 N–H and O–H groups in total. The highest BCUT2D eigenvalue weighted by molar-refractivity contribution is 6.02. The second-order valence-corrected chi connectivity index (χ2v) is 8.54. The van der Waals surface area contributed by atoms with E-state index >= 15 is 0 Å². The molecular weight excluding hydrogens is 496 g/mol. The molecule has 0 aliphatic rings. The van der Waals surface area contributed by atoms with Gasteiger partial charge in [-0.05, 0) is 28.3 Å². The monoisotopic (exact) mass is 522 g/mol. The number of rotatable bonds is 10. The van der Waals surface area contributed by atoms with Crippen molar-refractivity contribution < 1.29 is 14.5 Å². The topological polar surface area (TPSA) is 145 Å². The van der Waals surface area contributed by atoms with Crippen LogP contribution in [-0.4, -0.2) is 28.8 Å².